The van der Waals surface area contributed by atoms with Gasteiger partial charge in [0, 0.05) is 12.4 Å². The molecule has 0 radical (unpaired) electrons. The van der Waals surface area contributed by atoms with Gasteiger partial charge in [0.15, 0.2) is 0 Å². The van der Waals surface area contributed by atoms with Crippen LogP contribution in [0.1, 0.15) is 36.0 Å². The number of pyridine rings is 1. The largest absolute Gasteiger partial charge is 0.463 e. The van der Waals surface area contributed by atoms with Crippen molar-refractivity contribution < 1.29 is 24.2 Å². The first-order valence-corrected chi connectivity index (χ1v) is 7.08. The zero-order valence-corrected chi connectivity index (χ0v) is 11.7. The first kappa shape index (κ1) is 15.4. The number of hydrogen-bond acceptors (Lipinski definition) is 6. The summed E-state index contributed by atoms with van der Waals surface area (Å²) in [5.41, 5.74) is 0.313. The molecule has 1 aliphatic rings. The predicted octanol–water partition coefficient (Wildman–Crippen LogP) is 1.33. The molecular formula is C15H19NO5. The summed E-state index contributed by atoms with van der Waals surface area (Å²) in [5.74, 6) is -0.885. The van der Waals surface area contributed by atoms with Crippen LogP contribution in [0.2, 0.25) is 0 Å². The molecule has 114 valence electrons. The highest BCUT2D eigenvalue weighted by Gasteiger charge is 2.24. The maximum Gasteiger partial charge on any atom is 0.339 e. The lowest BCUT2D eigenvalue weighted by Crippen LogP contribution is -2.27. The van der Waals surface area contributed by atoms with Gasteiger partial charge >= 0.3 is 11.9 Å². The monoisotopic (exact) mass is 293 g/mol. The maximum atomic E-state index is 11.7. The van der Waals surface area contributed by atoms with Gasteiger partial charge in [-0.2, -0.15) is 0 Å². The molecule has 1 aromatic rings. The highest BCUT2D eigenvalue weighted by atomic mass is 16.6. The molecule has 21 heavy (non-hydrogen) atoms. The number of carbonyl (C=O) groups is 2. The van der Waals surface area contributed by atoms with E-state index in [1.54, 1.807) is 18.3 Å². The van der Waals surface area contributed by atoms with Crippen molar-refractivity contribution in [3.8, 4) is 0 Å². The summed E-state index contributed by atoms with van der Waals surface area (Å²) in [4.78, 5) is 27.1. The molecule has 1 fully saturated rings. The maximum absolute atomic E-state index is 11.7. The average Bonchev–Trinajstić information content (AvgIpc) is 3.05. The van der Waals surface area contributed by atoms with E-state index < -0.39 is 12.1 Å². The van der Waals surface area contributed by atoms with Crippen LogP contribution in [0.4, 0.5) is 0 Å². The van der Waals surface area contributed by atoms with Gasteiger partial charge in [-0.25, -0.2) is 4.79 Å². The van der Waals surface area contributed by atoms with E-state index in [0.29, 0.717) is 5.56 Å². The van der Waals surface area contributed by atoms with E-state index in [0.717, 1.165) is 25.7 Å². The smallest absolute Gasteiger partial charge is 0.339 e. The molecule has 1 aliphatic carbocycles. The van der Waals surface area contributed by atoms with Crippen LogP contribution in [0.5, 0.6) is 0 Å². The second kappa shape index (κ2) is 7.73. The number of aliphatic hydroxyl groups excluding tert-OH is 1. The summed E-state index contributed by atoms with van der Waals surface area (Å²) >= 11 is 0. The van der Waals surface area contributed by atoms with Crippen LogP contribution >= 0.6 is 0 Å². The number of esters is 2. The fourth-order valence-electron chi connectivity index (χ4n) is 2.24. The fraction of sp³-hybridized carbons (Fsp3) is 0.533. The Bertz CT molecular complexity index is 470. The lowest BCUT2D eigenvalue weighted by Gasteiger charge is -2.14. The van der Waals surface area contributed by atoms with Crippen LogP contribution in [0, 0.1) is 5.92 Å². The summed E-state index contributed by atoms with van der Waals surface area (Å²) in [6, 6.07) is 3.19. The predicted molar refractivity (Wildman–Crippen MR) is 73.4 cm³/mol. The Morgan fingerprint density at radius 1 is 1.29 bits per heavy atom. The molecule has 0 spiro atoms. The Hall–Kier alpha value is -1.95. The normalized spacial score (nSPS) is 16.4. The molecule has 1 unspecified atom stereocenters. The van der Waals surface area contributed by atoms with Crippen LogP contribution in [-0.4, -0.2) is 41.3 Å². The van der Waals surface area contributed by atoms with Crippen molar-refractivity contribution in [3.63, 3.8) is 0 Å². The van der Waals surface area contributed by atoms with Crippen LogP contribution in [0.25, 0.3) is 0 Å². The fourth-order valence-corrected chi connectivity index (χ4v) is 2.24. The lowest BCUT2D eigenvalue weighted by atomic mass is 10.1. The lowest BCUT2D eigenvalue weighted by molar-refractivity contribution is -0.152. The molecule has 0 bridgehead atoms. The number of nitrogens with zero attached hydrogens (tertiary/aromatic N) is 1. The van der Waals surface area contributed by atoms with Crippen molar-refractivity contribution in [3.05, 3.63) is 30.1 Å². The van der Waals surface area contributed by atoms with Crippen LogP contribution in [0.3, 0.4) is 0 Å². The Kier molecular flexibility index (Phi) is 5.68. The van der Waals surface area contributed by atoms with Gasteiger partial charge in [0.1, 0.15) is 19.3 Å². The van der Waals surface area contributed by atoms with Crippen LogP contribution in [-0.2, 0) is 14.3 Å². The van der Waals surface area contributed by atoms with Gasteiger partial charge in [0.25, 0.3) is 0 Å². The first-order chi connectivity index (χ1) is 10.2. The second-order valence-corrected chi connectivity index (χ2v) is 5.11. The topological polar surface area (TPSA) is 85.7 Å². The van der Waals surface area contributed by atoms with Gasteiger partial charge in [-0.1, -0.05) is 12.8 Å². The van der Waals surface area contributed by atoms with E-state index in [1.807, 2.05) is 0 Å². The van der Waals surface area contributed by atoms with E-state index >= 15 is 0 Å². The van der Waals surface area contributed by atoms with Crippen molar-refractivity contribution in [1.82, 2.24) is 4.98 Å². The molecular weight excluding hydrogens is 274 g/mol. The Labute approximate surface area is 123 Å². The van der Waals surface area contributed by atoms with Gasteiger partial charge in [0.05, 0.1) is 11.5 Å². The molecule has 1 atom stereocenters. The minimum Gasteiger partial charge on any atom is -0.463 e. The third-order valence-corrected chi connectivity index (χ3v) is 3.41. The number of aliphatic hydroxyl groups is 1. The number of aromatic nitrogens is 1. The summed E-state index contributed by atoms with van der Waals surface area (Å²) in [6.45, 7) is -0.374. The summed E-state index contributed by atoms with van der Waals surface area (Å²) in [6.07, 6.45) is 5.71. The number of carbonyl (C=O) groups excluding carboxylic acids is 2. The van der Waals surface area contributed by atoms with Gasteiger partial charge in [0.2, 0.25) is 0 Å². The molecule has 0 amide bonds. The third-order valence-electron chi connectivity index (χ3n) is 3.41. The van der Waals surface area contributed by atoms with E-state index in [4.69, 9.17) is 9.47 Å². The van der Waals surface area contributed by atoms with Gasteiger partial charge in [-0.3, -0.25) is 9.78 Å². The highest BCUT2D eigenvalue weighted by Crippen LogP contribution is 2.25. The zero-order valence-electron chi connectivity index (χ0n) is 11.7. The second-order valence-electron chi connectivity index (χ2n) is 5.11. The SMILES string of the molecule is O=C(OCC(O)COC(=O)C1CCCC1)c1cccnc1. The molecule has 6 heteroatoms. The Morgan fingerprint density at radius 3 is 2.67 bits per heavy atom. The Balaban J connectivity index is 1.66. The summed E-state index contributed by atoms with van der Waals surface area (Å²) in [7, 11) is 0. The molecule has 1 aromatic heterocycles. The van der Waals surface area contributed by atoms with Crippen molar-refractivity contribution >= 4 is 11.9 Å². The van der Waals surface area contributed by atoms with Crippen molar-refractivity contribution in [2.24, 2.45) is 5.92 Å². The third kappa shape index (κ3) is 4.82. The molecule has 6 nitrogen and oxygen atoms in total. The molecule has 2 rings (SSSR count). The van der Waals surface area contributed by atoms with Crippen LogP contribution in [0.15, 0.2) is 24.5 Å². The molecule has 0 saturated heterocycles. The van der Waals surface area contributed by atoms with Gasteiger partial charge in [-0.15, -0.1) is 0 Å². The number of hydrogen-bond donors (Lipinski definition) is 1. The van der Waals surface area contributed by atoms with Crippen molar-refractivity contribution in [1.29, 1.82) is 0 Å². The summed E-state index contributed by atoms with van der Waals surface area (Å²) < 4.78 is 9.96. The molecule has 0 aromatic carbocycles. The number of ether oxygens (including phenoxy) is 2. The average molecular weight is 293 g/mol. The van der Waals surface area contributed by atoms with Gasteiger partial charge < -0.3 is 14.6 Å². The first-order valence-electron chi connectivity index (χ1n) is 7.08. The van der Waals surface area contributed by atoms with Crippen molar-refractivity contribution in [2.45, 2.75) is 31.8 Å². The number of rotatable bonds is 6. The molecule has 0 aliphatic heterocycles. The Morgan fingerprint density at radius 2 is 2.00 bits per heavy atom. The van der Waals surface area contributed by atoms with E-state index in [1.165, 1.54) is 6.20 Å². The zero-order chi connectivity index (χ0) is 15.1. The molecule has 1 heterocycles. The standard InChI is InChI=1S/C15H19NO5/c17-13(9-20-14(18)11-4-1-2-5-11)10-21-15(19)12-6-3-7-16-8-12/h3,6-8,11,13,17H,1-2,4-5,9-10H2. The van der Waals surface area contributed by atoms with Crippen molar-refractivity contribution in [2.75, 3.05) is 13.2 Å². The highest BCUT2D eigenvalue weighted by molar-refractivity contribution is 5.88. The van der Waals surface area contributed by atoms with Crippen LogP contribution < -0.4 is 0 Å². The quantitative estimate of drug-likeness (QED) is 0.796. The minimum atomic E-state index is -1.02. The van der Waals surface area contributed by atoms with E-state index in [9.17, 15) is 14.7 Å². The minimum absolute atomic E-state index is 0.0462. The molecule has 1 saturated carbocycles. The summed E-state index contributed by atoms with van der Waals surface area (Å²) in [5, 5.41) is 9.67. The van der Waals surface area contributed by atoms with E-state index in [2.05, 4.69) is 4.98 Å². The van der Waals surface area contributed by atoms with Gasteiger partial charge in [-0.05, 0) is 25.0 Å². The molecule has 1 N–H and O–H groups in total. The van der Waals surface area contributed by atoms with E-state index in [-0.39, 0.29) is 25.1 Å².